The number of aryl methyl sites for hydroxylation is 1. The van der Waals surface area contributed by atoms with Crippen molar-refractivity contribution in [2.24, 2.45) is 0 Å². The topological polar surface area (TPSA) is 57.9 Å². The van der Waals surface area contributed by atoms with E-state index in [2.05, 4.69) is 0 Å². The minimum Gasteiger partial charge on any atom is -0.497 e. The predicted octanol–water partition coefficient (Wildman–Crippen LogP) is 3.28. The maximum absolute atomic E-state index is 12.3. The summed E-state index contributed by atoms with van der Waals surface area (Å²) in [4.78, 5) is 12.3. The average molecular weight is 300 g/mol. The molecule has 3 aromatic rings. The van der Waals surface area contributed by atoms with Crippen LogP contribution in [0.4, 0.5) is 0 Å². The Morgan fingerprint density at radius 1 is 0.955 bits per heavy atom. The first kappa shape index (κ1) is 14.3. The molecule has 0 fully saturated rings. The molecule has 0 amide bonds. The van der Waals surface area contributed by atoms with Crippen LogP contribution < -0.4 is 19.8 Å². The lowest BCUT2D eigenvalue weighted by molar-refractivity contribution is 0.352. The lowest BCUT2D eigenvalue weighted by atomic mass is 10.0. The van der Waals surface area contributed by atoms with Gasteiger partial charge in [-0.25, -0.2) is 4.79 Å². The SMILES string of the molecule is COc1ccc2c(=O)oc3c(OC)c(OC)cc(C)c3c2c1. The first-order valence-corrected chi connectivity index (χ1v) is 6.76. The second kappa shape index (κ2) is 5.26. The van der Waals surface area contributed by atoms with Gasteiger partial charge in [-0.15, -0.1) is 0 Å². The fourth-order valence-electron chi connectivity index (χ4n) is 2.70. The van der Waals surface area contributed by atoms with Crippen LogP contribution in [0.2, 0.25) is 0 Å². The second-order valence-corrected chi connectivity index (χ2v) is 4.93. The van der Waals surface area contributed by atoms with E-state index in [0.29, 0.717) is 28.2 Å². The van der Waals surface area contributed by atoms with Crippen LogP contribution in [0.3, 0.4) is 0 Å². The molecule has 3 rings (SSSR count). The summed E-state index contributed by atoms with van der Waals surface area (Å²) in [7, 11) is 4.65. The number of hydrogen-bond donors (Lipinski definition) is 0. The van der Waals surface area contributed by atoms with E-state index in [4.69, 9.17) is 18.6 Å². The molecule has 1 aromatic heterocycles. The molecule has 0 aliphatic heterocycles. The molecule has 0 saturated heterocycles. The van der Waals surface area contributed by atoms with E-state index in [-0.39, 0.29) is 0 Å². The van der Waals surface area contributed by atoms with Crippen molar-refractivity contribution in [1.82, 2.24) is 0 Å². The third-order valence-corrected chi connectivity index (χ3v) is 3.73. The summed E-state index contributed by atoms with van der Waals surface area (Å²) in [5, 5.41) is 2.08. The number of rotatable bonds is 3. The fraction of sp³-hybridized carbons (Fsp3) is 0.235. The molecule has 0 N–H and O–H groups in total. The number of fused-ring (bicyclic) bond motifs is 3. The van der Waals surface area contributed by atoms with E-state index < -0.39 is 5.63 Å². The van der Waals surface area contributed by atoms with Gasteiger partial charge in [-0.3, -0.25) is 0 Å². The van der Waals surface area contributed by atoms with Crippen molar-refractivity contribution < 1.29 is 18.6 Å². The van der Waals surface area contributed by atoms with Crippen LogP contribution in [0.25, 0.3) is 21.7 Å². The van der Waals surface area contributed by atoms with Crippen LogP contribution in [-0.2, 0) is 0 Å². The van der Waals surface area contributed by atoms with Crippen LogP contribution >= 0.6 is 0 Å². The van der Waals surface area contributed by atoms with Crippen molar-refractivity contribution >= 4 is 21.7 Å². The summed E-state index contributed by atoms with van der Waals surface area (Å²) in [6, 6.07) is 7.13. The molecule has 0 radical (unpaired) electrons. The number of ether oxygens (including phenoxy) is 3. The Balaban J connectivity index is 2.58. The third kappa shape index (κ3) is 1.97. The molecule has 0 spiro atoms. The maximum atomic E-state index is 12.3. The highest BCUT2D eigenvalue weighted by Crippen LogP contribution is 2.40. The van der Waals surface area contributed by atoms with Crippen molar-refractivity contribution in [1.29, 1.82) is 0 Å². The molecule has 0 unspecified atom stereocenters. The van der Waals surface area contributed by atoms with Crippen LogP contribution in [0.5, 0.6) is 17.2 Å². The highest BCUT2D eigenvalue weighted by molar-refractivity contribution is 6.08. The third-order valence-electron chi connectivity index (χ3n) is 3.73. The first-order chi connectivity index (χ1) is 10.6. The second-order valence-electron chi connectivity index (χ2n) is 4.93. The van der Waals surface area contributed by atoms with Gasteiger partial charge in [0.2, 0.25) is 5.75 Å². The Labute approximate surface area is 127 Å². The Hall–Kier alpha value is -2.69. The minimum atomic E-state index is -0.420. The van der Waals surface area contributed by atoms with Crippen molar-refractivity contribution in [3.05, 3.63) is 40.2 Å². The van der Waals surface area contributed by atoms with Gasteiger partial charge in [-0.05, 0) is 36.8 Å². The highest BCUT2D eigenvalue weighted by Gasteiger charge is 2.18. The minimum absolute atomic E-state index is 0.380. The summed E-state index contributed by atoms with van der Waals surface area (Å²) >= 11 is 0. The maximum Gasteiger partial charge on any atom is 0.344 e. The Bertz CT molecular complexity index is 924. The van der Waals surface area contributed by atoms with Crippen LogP contribution in [0.1, 0.15) is 5.56 Å². The first-order valence-electron chi connectivity index (χ1n) is 6.76. The molecule has 22 heavy (non-hydrogen) atoms. The van der Waals surface area contributed by atoms with E-state index in [0.717, 1.165) is 16.3 Å². The summed E-state index contributed by atoms with van der Waals surface area (Å²) in [6.45, 7) is 1.93. The van der Waals surface area contributed by atoms with Gasteiger partial charge in [-0.2, -0.15) is 0 Å². The van der Waals surface area contributed by atoms with Gasteiger partial charge in [-0.1, -0.05) is 0 Å². The van der Waals surface area contributed by atoms with E-state index in [1.54, 1.807) is 26.4 Å². The van der Waals surface area contributed by atoms with Gasteiger partial charge in [0.25, 0.3) is 0 Å². The molecule has 1 heterocycles. The Morgan fingerprint density at radius 3 is 2.36 bits per heavy atom. The molecule has 2 aromatic carbocycles. The van der Waals surface area contributed by atoms with E-state index in [1.165, 1.54) is 7.11 Å². The highest BCUT2D eigenvalue weighted by atomic mass is 16.5. The van der Waals surface area contributed by atoms with E-state index >= 15 is 0 Å². The largest absolute Gasteiger partial charge is 0.497 e. The quantitative estimate of drug-likeness (QED) is 0.549. The van der Waals surface area contributed by atoms with Gasteiger partial charge < -0.3 is 18.6 Å². The predicted molar refractivity (Wildman–Crippen MR) is 84.4 cm³/mol. The molecule has 0 aliphatic rings. The molecule has 0 saturated carbocycles. The van der Waals surface area contributed by atoms with Gasteiger partial charge in [0.15, 0.2) is 11.3 Å². The van der Waals surface area contributed by atoms with Crippen LogP contribution in [0.15, 0.2) is 33.5 Å². The number of benzene rings is 2. The van der Waals surface area contributed by atoms with Crippen molar-refractivity contribution in [3.63, 3.8) is 0 Å². The standard InChI is InChI=1S/C17H16O5/c1-9-7-13(20-3)15(21-4)16-14(9)12-8-10(19-2)5-6-11(12)17(18)22-16/h5-8H,1-4H3. The molecule has 5 heteroatoms. The smallest absolute Gasteiger partial charge is 0.344 e. The van der Waals surface area contributed by atoms with Gasteiger partial charge in [0.05, 0.1) is 26.7 Å². The normalized spacial score (nSPS) is 10.9. The van der Waals surface area contributed by atoms with Crippen LogP contribution in [0, 0.1) is 6.92 Å². The van der Waals surface area contributed by atoms with Crippen molar-refractivity contribution in [3.8, 4) is 17.2 Å². The van der Waals surface area contributed by atoms with Crippen molar-refractivity contribution in [2.45, 2.75) is 6.92 Å². The average Bonchev–Trinajstić information content (AvgIpc) is 2.53. The fourth-order valence-corrected chi connectivity index (χ4v) is 2.70. The zero-order valence-corrected chi connectivity index (χ0v) is 12.9. The van der Waals surface area contributed by atoms with E-state index in [1.807, 2.05) is 19.1 Å². The Kier molecular flexibility index (Phi) is 3.41. The van der Waals surface area contributed by atoms with Gasteiger partial charge in [0.1, 0.15) is 5.75 Å². The van der Waals surface area contributed by atoms with Gasteiger partial charge in [0, 0.05) is 10.8 Å². The molecular weight excluding hydrogens is 284 g/mol. The van der Waals surface area contributed by atoms with Crippen molar-refractivity contribution in [2.75, 3.05) is 21.3 Å². The molecule has 114 valence electrons. The lowest BCUT2D eigenvalue weighted by Gasteiger charge is -2.13. The molecule has 0 atom stereocenters. The molecule has 5 nitrogen and oxygen atoms in total. The summed E-state index contributed by atoms with van der Waals surface area (Å²) < 4.78 is 21.4. The Morgan fingerprint density at radius 2 is 1.73 bits per heavy atom. The number of hydrogen-bond acceptors (Lipinski definition) is 5. The zero-order chi connectivity index (χ0) is 15.9. The summed E-state index contributed by atoms with van der Waals surface area (Å²) in [5.41, 5.74) is 0.885. The van der Waals surface area contributed by atoms with Crippen LogP contribution in [-0.4, -0.2) is 21.3 Å². The van der Waals surface area contributed by atoms with Gasteiger partial charge >= 0.3 is 5.63 Å². The molecule has 0 bridgehead atoms. The summed E-state index contributed by atoms with van der Waals surface area (Å²) in [6.07, 6.45) is 0. The van der Waals surface area contributed by atoms with E-state index in [9.17, 15) is 4.79 Å². The molecular formula is C17H16O5. The zero-order valence-electron chi connectivity index (χ0n) is 12.9. The monoisotopic (exact) mass is 300 g/mol. The summed E-state index contributed by atoms with van der Waals surface area (Å²) in [5.74, 6) is 1.61. The number of methoxy groups -OCH3 is 3. The lowest BCUT2D eigenvalue weighted by Crippen LogP contribution is -2.03. The molecule has 0 aliphatic carbocycles.